The van der Waals surface area contributed by atoms with Crippen molar-refractivity contribution in [2.75, 3.05) is 19.8 Å². The molecule has 1 fully saturated rings. The smallest absolute Gasteiger partial charge is 0.318 e. The molecular weight excluding hydrogens is 337 g/mol. The highest BCUT2D eigenvalue weighted by Gasteiger charge is 2.28. The number of nitrogens with zero attached hydrogens (tertiary/aromatic N) is 1. The molecule has 0 aliphatic carbocycles. The Bertz CT molecular complexity index is 848. The number of rotatable bonds is 3. The van der Waals surface area contributed by atoms with Crippen LogP contribution in [0.3, 0.4) is 0 Å². The van der Waals surface area contributed by atoms with Crippen molar-refractivity contribution in [2.24, 2.45) is 0 Å². The predicted octanol–water partition coefficient (Wildman–Crippen LogP) is 2.41. The zero-order chi connectivity index (χ0) is 18.7. The number of carbonyl (C=O) groups excluding carboxylic acids is 1. The highest BCUT2D eigenvalue weighted by atomic mass is 19.1. The van der Waals surface area contributed by atoms with Crippen molar-refractivity contribution in [3.63, 3.8) is 0 Å². The van der Waals surface area contributed by atoms with E-state index in [9.17, 15) is 14.0 Å². The van der Waals surface area contributed by atoms with Gasteiger partial charge < -0.3 is 19.9 Å². The minimum Gasteiger partial charge on any atom is -0.377 e. The number of H-pyrrole nitrogens is 1. The van der Waals surface area contributed by atoms with Crippen LogP contribution in [0.25, 0.3) is 0 Å². The van der Waals surface area contributed by atoms with Crippen LogP contribution in [0.15, 0.2) is 35.1 Å². The molecule has 1 aromatic heterocycles. The molecule has 26 heavy (non-hydrogen) atoms. The van der Waals surface area contributed by atoms with Crippen molar-refractivity contribution in [2.45, 2.75) is 26.4 Å². The number of amides is 2. The van der Waals surface area contributed by atoms with Gasteiger partial charge in [0.1, 0.15) is 5.82 Å². The SMILES string of the molecule is Cc1cc(C)c(CNC(=O)N2CCOCC2c2ccc(F)cc2)c(=O)[nH]1. The van der Waals surface area contributed by atoms with Crippen molar-refractivity contribution in [1.82, 2.24) is 15.2 Å². The van der Waals surface area contributed by atoms with Gasteiger partial charge in [0.15, 0.2) is 0 Å². The number of urea groups is 1. The third kappa shape index (κ3) is 3.94. The molecule has 2 N–H and O–H groups in total. The summed E-state index contributed by atoms with van der Waals surface area (Å²) in [6.45, 7) is 5.03. The lowest BCUT2D eigenvalue weighted by molar-refractivity contribution is 0.0115. The molecule has 1 aliphatic heterocycles. The Balaban J connectivity index is 1.73. The molecule has 7 heteroatoms. The van der Waals surface area contributed by atoms with Crippen molar-refractivity contribution >= 4 is 6.03 Å². The monoisotopic (exact) mass is 359 g/mol. The molecule has 138 valence electrons. The van der Waals surface area contributed by atoms with Gasteiger partial charge in [-0.3, -0.25) is 4.79 Å². The summed E-state index contributed by atoms with van der Waals surface area (Å²) in [4.78, 5) is 29.2. The van der Waals surface area contributed by atoms with Gasteiger partial charge >= 0.3 is 6.03 Å². The summed E-state index contributed by atoms with van der Waals surface area (Å²) in [7, 11) is 0. The highest BCUT2D eigenvalue weighted by Crippen LogP contribution is 2.24. The van der Waals surface area contributed by atoms with E-state index < -0.39 is 0 Å². The van der Waals surface area contributed by atoms with E-state index in [1.807, 2.05) is 19.9 Å². The van der Waals surface area contributed by atoms with Gasteiger partial charge in [-0.2, -0.15) is 0 Å². The lowest BCUT2D eigenvalue weighted by atomic mass is 10.1. The number of pyridine rings is 1. The molecule has 1 aromatic carbocycles. The summed E-state index contributed by atoms with van der Waals surface area (Å²) in [6, 6.07) is 7.36. The fraction of sp³-hybridized carbons (Fsp3) is 0.368. The Morgan fingerprint density at radius 2 is 2.08 bits per heavy atom. The van der Waals surface area contributed by atoms with Gasteiger partial charge in [-0.1, -0.05) is 12.1 Å². The van der Waals surface area contributed by atoms with Crippen molar-refractivity contribution in [3.05, 3.63) is 68.9 Å². The molecule has 2 amide bonds. The second-order valence-electron chi connectivity index (χ2n) is 6.44. The molecule has 0 bridgehead atoms. The van der Waals surface area contributed by atoms with Gasteiger partial charge in [-0.05, 0) is 43.2 Å². The van der Waals surface area contributed by atoms with Crippen LogP contribution in [0, 0.1) is 19.7 Å². The molecule has 1 unspecified atom stereocenters. The van der Waals surface area contributed by atoms with Gasteiger partial charge in [-0.25, -0.2) is 9.18 Å². The van der Waals surface area contributed by atoms with Crippen LogP contribution in [0.4, 0.5) is 9.18 Å². The number of hydrogen-bond acceptors (Lipinski definition) is 3. The first-order chi connectivity index (χ1) is 12.5. The fourth-order valence-corrected chi connectivity index (χ4v) is 3.17. The van der Waals surface area contributed by atoms with E-state index in [4.69, 9.17) is 4.74 Å². The minimum atomic E-state index is -0.324. The molecule has 6 nitrogen and oxygen atoms in total. The number of morpholine rings is 1. The number of halogens is 1. The lowest BCUT2D eigenvalue weighted by Gasteiger charge is -2.35. The summed E-state index contributed by atoms with van der Waals surface area (Å²) in [5, 5.41) is 2.82. The van der Waals surface area contributed by atoms with Crippen LogP contribution in [-0.4, -0.2) is 35.7 Å². The number of ether oxygens (including phenoxy) is 1. The second-order valence-corrected chi connectivity index (χ2v) is 6.44. The largest absolute Gasteiger partial charge is 0.377 e. The number of carbonyl (C=O) groups is 1. The summed E-state index contributed by atoms with van der Waals surface area (Å²) < 4.78 is 18.7. The summed E-state index contributed by atoms with van der Waals surface area (Å²) >= 11 is 0. The van der Waals surface area contributed by atoms with E-state index in [0.29, 0.717) is 25.3 Å². The zero-order valence-corrected chi connectivity index (χ0v) is 14.8. The fourth-order valence-electron chi connectivity index (χ4n) is 3.17. The first-order valence-electron chi connectivity index (χ1n) is 8.53. The standard InChI is InChI=1S/C19H22FN3O3/c1-12-9-13(2)22-18(24)16(12)10-21-19(25)23-7-8-26-11-17(23)14-3-5-15(20)6-4-14/h3-6,9,17H,7-8,10-11H2,1-2H3,(H,21,25)(H,22,24). The van der Waals surface area contributed by atoms with E-state index in [2.05, 4.69) is 10.3 Å². The zero-order valence-electron chi connectivity index (χ0n) is 14.8. The van der Waals surface area contributed by atoms with Crippen molar-refractivity contribution < 1.29 is 13.9 Å². The lowest BCUT2D eigenvalue weighted by Crippen LogP contribution is -2.48. The third-order valence-electron chi connectivity index (χ3n) is 4.55. The number of aryl methyl sites for hydroxylation is 2. The van der Waals surface area contributed by atoms with Gasteiger partial charge in [-0.15, -0.1) is 0 Å². The summed E-state index contributed by atoms with van der Waals surface area (Å²) in [5.74, 6) is -0.324. The Kier molecular flexibility index (Phi) is 5.37. The maximum Gasteiger partial charge on any atom is 0.318 e. The van der Waals surface area contributed by atoms with Crippen molar-refractivity contribution in [3.8, 4) is 0 Å². The maximum absolute atomic E-state index is 13.2. The number of nitrogens with one attached hydrogen (secondary N) is 2. The van der Waals surface area contributed by atoms with Crippen LogP contribution in [-0.2, 0) is 11.3 Å². The molecule has 0 saturated carbocycles. The summed E-state index contributed by atoms with van der Waals surface area (Å²) in [5.41, 5.74) is 2.77. The molecule has 0 spiro atoms. The van der Waals surface area contributed by atoms with Crippen molar-refractivity contribution in [1.29, 1.82) is 0 Å². The van der Waals surface area contributed by atoms with Crippen LogP contribution >= 0.6 is 0 Å². The van der Waals surface area contributed by atoms with Crippen LogP contribution in [0.2, 0.25) is 0 Å². The van der Waals surface area contributed by atoms with Crippen LogP contribution in [0.1, 0.15) is 28.4 Å². The summed E-state index contributed by atoms with van der Waals surface area (Å²) in [6.07, 6.45) is 0. The number of benzene rings is 1. The first kappa shape index (κ1) is 18.1. The molecule has 2 aromatic rings. The molecule has 2 heterocycles. The van der Waals surface area contributed by atoms with Gasteiger partial charge in [0.25, 0.3) is 5.56 Å². The first-order valence-corrected chi connectivity index (χ1v) is 8.53. The number of hydrogen-bond donors (Lipinski definition) is 2. The predicted molar refractivity (Wildman–Crippen MR) is 95.4 cm³/mol. The van der Waals surface area contributed by atoms with E-state index in [-0.39, 0.29) is 30.0 Å². The number of aromatic nitrogens is 1. The highest BCUT2D eigenvalue weighted by molar-refractivity contribution is 5.75. The van der Waals surface area contributed by atoms with Gasteiger partial charge in [0, 0.05) is 17.8 Å². The van der Waals surface area contributed by atoms with Gasteiger partial charge in [0.05, 0.1) is 25.8 Å². The Hall–Kier alpha value is -2.67. The normalized spacial score (nSPS) is 17.2. The Labute approximate surface area is 151 Å². The molecule has 1 aliphatic rings. The molecule has 3 rings (SSSR count). The molecule has 1 atom stereocenters. The van der Waals surface area contributed by atoms with E-state index in [0.717, 1.165) is 16.8 Å². The Morgan fingerprint density at radius 3 is 2.77 bits per heavy atom. The average molecular weight is 359 g/mol. The quantitative estimate of drug-likeness (QED) is 0.884. The second kappa shape index (κ2) is 7.70. The third-order valence-corrected chi connectivity index (χ3v) is 4.55. The maximum atomic E-state index is 13.2. The molecule has 0 radical (unpaired) electrons. The van der Waals surface area contributed by atoms with Crippen LogP contribution < -0.4 is 10.9 Å². The van der Waals surface area contributed by atoms with E-state index >= 15 is 0 Å². The molecule has 1 saturated heterocycles. The Morgan fingerprint density at radius 1 is 1.35 bits per heavy atom. The van der Waals surface area contributed by atoms with E-state index in [1.54, 1.807) is 17.0 Å². The minimum absolute atomic E-state index is 0.147. The molecular formula is C19H22FN3O3. The number of aromatic amines is 1. The topological polar surface area (TPSA) is 74.4 Å². The van der Waals surface area contributed by atoms with Gasteiger partial charge in [0.2, 0.25) is 0 Å². The van der Waals surface area contributed by atoms with Crippen LogP contribution in [0.5, 0.6) is 0 Å². The average Bonchev–Trinajstić information content (AvgIpc) is 2.61. The van der Waals surface area contributed by atoms with E-state index in [1.165, 1.54) is 12.1 Å².